The van der Waals surface area contributed by atoms with E-state index in [0.29, 0.717) is 11.8 Å². The molecule has 0 aliphatic heterocycles. The Morgan fingerprint density at radius 3 is 1.97 bits per heavy atom. The topological polar surface area (TPSA) is 25.5 Å². The second-order valence-corrected chi connectivity index (χ2v) is 16.0. The maximum Gasteiger partial charge on any atom is 0.136 e. The number of furan rings is 1. The normalized spacial score (nSPS) is 13.2. The summed E-state index contributed by atoms with van der Waals surface area (Å²) in [6.45, 7) is 17.7. The lowest BCUT2D eigenvalue weighted by Crippen LogP contribution is -2.05. The van der Waals surface area contributed by atoms with Gasteiger partial charge in [0.1, 0.15) is 11.2 Å². The fourth-order valence-electron chi connectivity index (χ4n) is 8.40. The van der Waals surface area contributed by atoms with E-state index in [1.807, 2.05) is 30.3 Å². The van der Waals surface area contributed by atoms with E-state index < -0.39 is 0 Å². The van der Waals surface area contributed by atoms with E-state index in [0.717, 1.165) is 52.1 Å². The Balaban J connectivity index is 0.000000164. The number of benzene rings is 8. The van der Waals surface area contributed by atoms with E-state index in [-0.39, 0.29) is 0 Å². The number of para-hydroxylation sites is 1. The van der Waals surface area contributed by atoms with Crippen LogP contribution in [0, 0.1) is 12.8 Å². The summed E-state index contributed by atoms with van der Waals surface area (Å²) in [5, 5.41) is 10.5. The van der Waals surface area contributed by atoms with Gasteiger partial charge in [0.2, 0.25) is 0 Å². The van der Waals surface area contributed by atoms with Crippen LogP contribution in [-0.4, -0.2) is 5.71 Å². The van der Waals surface area contributed by atoms with Crippen molar-refractivity contribution in [1.29, 1.82) is 0 Å². The lowest BCUT2D eigenvalue weighted by atomic mass is 9.85. The fourth-order valence-corrected chi connectivity index (χ4v) is 8.40. The summed E-state index contributed by atoms with van der Waals surface area (Å²) in [4.78, 5) is 5.03. The van der Waals surface area contributed by atoms with Gasteiger partial charge in [-0.2, -0.15) is 0 Å². The third-order valence-corrected chi connectivity index (χ3v) is 12.2. The smallest absolute Gasteiger partial charge is 0.136 e. The van der Waals surface area contributed by atoms with Crippen LogP contribution in [0.3, 0.4) is 0 Å². The molecule has 2 nitrogen and oxygen atoms in total. The highest BCUT2D eigenvalue weighted by Crippen LogP contribution is 2.45. The lowest BCUT2D eigenvalue weighted by molar-refractivity contribution is 0.669. The second kappa shape index (κ2) is 17.1. The van der Waals surface area contributed by atoms with Gasteiger partial charge in [0.25, 0.3) is 0 Å². The molecular formula is C57H53NO. The van der Waals surface area contributed by atoms with Gasteiger partial charge >= 0.3 is 0 Å². The highest BCUT2D eigenvalue weighted by molar-refractivity contribution is 6.35. The van der Waals surface area contributed by atoms with Gasteiger partial charge in [0.05, 0.1) is 5.70 Å². The Morgan fingerprint density at radius 2 is 1.20 bits per heavy atom. The molecule has 0 N–H and O–H groups in total. The van der Waals surface area contributed by atoms with Crippen LogP contribution in [0.5, 0.6) is 0 Å². The average molecular weight is 768 g/mol. The van der Waals surface area contributed by atoms with Gasteiger partial charge < -0.3 is 4.42 Å². The molecule has 1 aromatic heterocycles. The Kier molecular flexibility index (Phi) is 11.4. The van der Waals surface area contributed by atoms with E-state index in [9.17, 15) is 0 Å². The van der Waals surface area contributed by atoms with Crippen LogP contribution in [0.15, 0.2) is 180 Å². The van der Waals surface area contributed by atoms with Gasteiger partial charge in [-0.1, -0.05) is 168 Å². The number of allylic oxidation sites excluding steroid dienone is 2. The molecule has 2 heteroatoms. The first-order valence-corrected chi connectivity index (χ1v) is 21.1. The largest absolute Gasteiger partial charge is 0.456 e. The zero-order chi connectivity index (χ0) is 41.0. The summed E-state index contributed by atoms with van der Waals surface area (Å²) in [7, 11) is 0. The standard InChI is InChI=1S/C29H24O.C28H29N/c1-4-17(2)19-11-8-12-20-21-15-16-25-29(22-10-5-6-14-24(22)30-25)28(21)23-13-7-9-18(3)26(23)27(19)20;1-5-21(2)23(4)29-28(19-22(3)24-13-8-6-9-14-24)27-18-12-17-26(20-27)25-15-10-7-11-16-25/h5-17H,4H2,1-3H3;6-21H,3,5H2,1-2,4H3/b;28-19-,29-23?. The summed E-state index contributed by atoms with van der Waals surface area (Å²) in [5.74, 6) is 0.966. The van der Waals surface area contributed by atoms with E-state index in [1.54, 1.807) is 0 Å². The van der Waals surface area contributed by atoms with Gasteiger partial charge in [-0.15, -0.1) is 0 Å². The Bertz CT molecular complexity index is 3020. The number of hydrogen-bond acceptors (Lipinski definition) is 2. The maximum absolute atomic E-state index is 6.23. The van der Waals surface area contributed by atoms with Crippen molar-refractivity contribution in [2.24, 2.45) is 10.9 Å². The molecule has 1 heterocycles. The minimum absolute atomic E-state index is 0.445. The van der Waals surface area contributed by atoms with Crippen LogP contribution < -0.4 is 0 Å². The molecule has 292 valence electrons. The van der Waals surface area contributed by atoms with Crippen molar-refractivity contribution in [3.63, 3.8) is 0 Å². The number of aryl methyl sites for hydroxylation is 1. The lowest BCUT2D eigenvalue weighted by Gasteiger charge is -2.19. The van der Waals surface area contributed by atoms with E-state index in [4.69, 9.17) is 9.41 Å². The number of nitrogens with zero attached hydrogens (tertiary/aromatic N) is 1. The van der Waals surface area contributed by atoms with Crippen molar-refractivity contribution in [2.75, 3.05) is 0 Å². The molecule has 9 rings (SSSR count). The molecule has 9 aromatic rings. The van der Waals surface area contributed by atoms with Gasteiger partial charge in [0, 0.05) is 27.4 Å². The third kappa shape index (κ3) is 7.76. The van der Waals surface area contributed by atoms with Crippen LogP contribution in [0.4, 0.5) is 0 Å². The van der Waals surface area contributed by atoms with Crippen LogP contribution in [0.1, 0.15) is 75.6 Å². The monoisotopic (exact) mass is 767 g/mol. The van der Waals surface area contributed by atoms with Crippen LogP contribution in [0.25, 0.3) is 76.7 Å². The first-order chi connectivity index (χ1) is 28.8. The summed E-state index contributed by atoms with van der Waals surface area (Å²) in [6.07, 6.45) is 4.31. The molecule has 0 amide bonds. The van der Waals surface area contributed by atoms with E-state index >= 15 is 0 Å². The molecule has 0 saturated carbocycles. The minimum Gasteiger partial charge on any atom is -0.456 e. The summed E-state index contributed by atoms with van der Waals surface area (Å²) >= 11 is 0. The van der Waals surface area contributed by atoms with Crippen molar-refractivity contribution in [3.05, 3.63) is 193 Å². The molecule has 0 aliphatic rings. The molecule has 0 bridgehead atoms. The highest BCUT2D eigenvalue weighted by atomic mass is 16.3. The zero-order valence-corrected chi connectivity index (χ0v) is 35.2. The second-order valence-electron chi connectivity index (χ2n) is 16.0. The highest BCUT2D eigenvalue weighted by Gasteiger charge is 2.19. The van der Waals surface area contributed by atoms with E-state index in [2.05, 4.69) is 182 Å². The van der Waals surface area contributed by atoms with Crippen LogP contribution in [0.2, 0.25) is 0 Å². The molecule has 59 heavy (non-hydrogen) atoms. The van der Waals surface area contributed by atoms with Crippen LogP contribution >= 0.6 is 0 Å². The van der Waals surface area contributed by atoms with Gasteiger partial charge in [-0.05, 0) is 129 Å². The molecule has 2 unspecified atom stereocenters. The van der Waals surface area contributed by atoms with Crippen molar-refractivity contribution in [1.82, 2.24) is 0 Å². The average Bonchev–Trinajstić information content (AvgIpc) is 3.68. The van der Waals surface area contributed by atoms with Gasteiger partial charge in [-0.3, -0.25) is 4.99 Å². The molecule has 0 fully saturated rings. The van der Waals surface area contributed by atoms with Gasteiger partial charge in [0.15, 0.2) is 0 Å². The maximum atomic E-state index is 6.23. The van der Waals surface area contributed by atoms with Crippen molar-refractivity contribution >= 4 is 71.2 Å². The molecule has 8 aromatic carbocycles. The SMILES string of the molecule is C=C(/C=C(\N=C(C)C(C)CC)c1cccc(-c2ccccc2)c1)c1ccccc1.CCC(C)c1cccc2c3ccc4oc5ccccc5c4c3c3cccc(C)c3c12. The predicted molar refractivity (Wildman–Crippen MR) is 258 cm³/mol. The molecule has 0 saturated heterocycles. The minimum atomic E-state index is 0.445. The summed E-state index contributed by atoms with van der Waals surface area (Å²) in [5.41, 5.74) is 12.4. The number of rotatable bonds is 9. The van der Waals surface area contributed by atoms with Crippen molar-refractivity contribution in [2.45, 2.75) is 60.3 Å². The first-order valence-electron chi connectivity index (χ1n) is 21.1. The fraction of sp³-hybridized carbons (Fsp3) is 0.175. The van der Waals surface area contributed by atoms with Crippen molar-refractivity contribution < 1.29 is 4.42 Å². The first kappa shape index (κ1) is 39.3. The number of aliphatic imine (C=N–C) groups is 1. The van der Waals surface area contributed by atoms with Gasteiger partial charge in [-0.25, -0.2) is 0 Å². The van der Waals surface area contributed by atoms with E-state index in [1.165, 1.54) is 65.3 Å². The van der Waals surface area contributed by atoms with Crippen LogP contribution in [-0.2, 0) is 0 Å². The Morgan fingerprint density at radius 1 is 0.576 bits per heavy atom. The molecule has 2 atom stereocenters. The number of hydrogen-bond donors (Lipinski definition) is 0. The zero-order valence-electron chi connectivity index (χ0n) is 35.2. The molecular weight excluding hydrogens is 715 g/mol. The molecule has 0 spiro atoms. The van der Waals surface area contributed by atoms with Crippen molar-refractivity contribution in [3.8, 4) is 11.1 Å². The molecule has 0 radical (unpaired) electrons. The number of fused-ring (bicyclic) bond motifs is 10. The molecule has 0 aliphatic carbocycles. The Labute approximate surface area is 349 Å². The predicted octanol–water partition coefficient (Wildman–Crippen LogP) is 16.8. The third-order valence-electron chi connectivity index (χ3n) is 12.2. The summed E-state index contributed by atoms with van der Waals surface area (Å²) < 4.78 is 6.23. The summed E-state index contributed by atoms with van der Waals surface area (Å²) in [6, 6.07) is 55.7. The quantitative estimate of drug-likeness (QED) is 0.0816. The Hall–Kier alpha value is -6.51.